The number of oxime groups is 1. The van der Waals surface area contributed by atoms with Gasteiger partial charge in [0.15, 0.2) is 5.71 Å². The molecule has 1 N–H and O–H groups in total. The van der Waals surface area contributed by atoms with E-state index in [-0.39, 0.29) is 5.90 Å². The second kappa shape index (κ2) is 2.90. The van der Waals surface area contributed by atoms with Crippen LogP contribution in [0.2, 0.25) is 0 Å². The summed E-state index contributed by atoms with van der Waals surface area (Å²) in [6, 6.07) is 7.35. The lowest BCUT2D eigenvalue weighted by molar-refractivity contribution is 0.214. The van der Waals surface area contributed by atoms with E-state index >= 15 is 0 Å². The zero-order chi connectivity index (χ0) is 9.26. The Morgan fingerprint density at radius 2 is 2.15 bits per heavy atom. The van der Waals surface area contributed by atoms with Gasteiger partial charge in [-0.3, -0.25) is 5.41 Å². The molecule has 0 radical (unpaired) electrons. The van der Waals surface area contributed by atoms with Gasteiger partial charge in [-0.1, -0.05) is 17.3 Å². The van der Waals surface area contributed by atoms with Gasteiger partial charge in [-0.25, -0.2) is 0 Å². The molecule has 0 aliphatic carbocycles. The smallest absolute Gasteiger partial charge is 0.242 e. The van der Waals surface area contributed by atoms with Crippen LogP contribution in [0.5, 0.6) is 5.75 Å². The molecule has 0 atom stereocenters. The van der Waals surface area contributed by atoms with Crippen LogP contribution in [0.15, 0.2) is 29.4 Å². The highest BCUT2D eigenvalue weighted by molar-refractivity contribution is 6.47. The van der Waals surface area contributed by atoms with Crippen LogP contribution in [-0.4, -0.2) is 18.7 Å². The number of nitrogens with one attached hydrogen (secondary N) is 1. The molecule has 0 saturated heterocycles. The van der Waals surface area contributed by atoms with Crippen molar-refractivity contribution in [1.82, 2.24) is 0 Å². The molecule has 1 heterocycles. The topological polar surface area (TPSA) is 54.7 Å². The molecule has 2 rings (SSSR count). The third-order valence-corrected chi connectivity index (χ3v) is 1.75. The van der Waals surface area contributed by atoms with E-state index in [0.717, 1.165) is 5.56 Å². The highest BCUT2D eigenvalue weighted by Crippen LogP contribution is 2.25. The lowest BCUT2D eigenvalue weighted by Crippen LogP contribution is -2.11. The first-order valence-corrected chi connectivity index (χ1v) is 3.80. The number of para-hydroxylation sites is 1. The van der Waals surface area contributed by atoms with Crippen molar-refractivity contribution in [2.75, 3.05) is 7.11 Å². The quantitative estimate of drug-likeness (QED) is 0.657. The molecule has 0 unspecified atom stereocenters. The van der Waals surface area contributed by atoms with Crippen LogP contribution >= 0.6 is 0 Å². The third-order valence-electron chi connectivity index (χ3n) is 1.75. The van der Waals surface area contributed by atoms with E-state index in [2.05, 4.69) is 9.99 Å². The average Bonchev–Trinajstić information content (AvgIpc) is 2.44. The Hall–Kier alpha value is -1.84. The molecule has 0 aromatic heterocycles. The van der Waals surface area contributed by atoms with E-state index in [4.69, 9.17) is 10.1 Å². The van der Waals surface area contributed by atoms with Gasteiger partial charge in [-0.2, -0.15) is 0 Å². The molecular formula is C9H8N2O2. The first-order valence-electron chi connectivity index (χ1n) is 3.80. The molecule has 0 saturated carbocycles. The van der Waals surface area contributed by atoms with Crippen LogP contribution in [-0.2, 0) is 4.84 Å². The van der Waals surface area contributed by atoms with Crippen LogP contribution in [0, 0.1) is 5.41 Å². The molecule has 4 heteroatoms. The summed E-state index contributed by atoms with van der Waals surface area (Å²) in [6.07, 6.45) is 0. The number of benzene rings is 1. The monoisotopic (exact) mass is 176 g/mol. The Balaban J connectivity index is 2.53. The van der Waals surface area contributed by atoms with Crippen molar-refractivity contribution in [1.29, 1.82) is 5.41 Å². The van der Waals surface area contributed by atoms with Gasteiger partial charge in [0.25, 0.3) is 0 Å². The summed E-state index contributed by atoms with van der Waals surface area (Å²) < 4.78 is 5.14. The average molecular weight is 176 g/mol. The van der Waals surface area contributed by atoms with Gasteiger partial charge in [-0.15, -0.1) is 0 Å². The second-order valence-corrected chi connectivity index (χ2v) is 2.55. The van der Waals surface area contributed by atoms with Gasteiger partial charge in [0, 0.05) is 0 Å². The van der Waals surface area contributed by atoms with Crippen molar-refractivity contribution in [3.63, 3.8) is 0 Å². The molecule has 66 valence electrons. The molecule has 1 aromatic rings. The van der Waals surface area contributed by atoms with E-state index in [0.29, 0.717) is 11.5 Å². The summed E-state index contributed by atoms with van der Waals surface area (Å²) in [5, 5.41) is 11.2. The van der Waals surface area contributed by atoms with E-state index in [1.54, 1.807) is 6.07 Å². The van der Waals surface area contributed by atoms with Crippen LogP contribution in [0.3, 0.4) is 0 Å². The standard InChI is InChI=1S/C9H8N2O2/c1-12-11-8-6-4-2-3-5-7(6)13-9(8)10/h2-5,10H,1H3/b10-9?,11-8-. The molecule has 1 aliphatic rings. The second-order valence-electron chi connectivity index (χ2n) is 2.55. The summed E-state index contributed by atoms with van der Waals surface area (Å²) in [5.74, 6) is 0.686. The predicted octanol–water partition coefficient (Wildman–Crippen LogP) is 1.41. The SMILES string of the molecule is CO/N=C1\C(=N)Oc2ccccc21. The summed E-state index contributed by atoms with van der Waals surface area (Å²) >= 11 is 0. The van der Waals surface area contributed by atoms with E-state index in [9.17, 15) is 0 Å². The summed E-state index contributed by atoms with van der Waals surface area (Å²) in [7, 11) is 1.45. The van der Waals surface area contributed by atoms with Crippen LogP contribution in [0.25, 0.3) is 0 Å². The Labute approximate surface area is 75.3 Å². The minimum Gasteiger partial charge on any atom is -0.437 e. The summed E-state index contributed by atoms with van der Waals surface area (Å²) in [5.41, 5.74) is 1.24. The molecule has 0 amide bonds. The maximum absolute atomic E-state index is 7.46. The zero-order valence-electron chi connectivity index (χ0n) is 7.07. The fourth-order valence-electron chi connectivity index (χ4n) is 1.21. The number of nitrogens with zero attached hydrogens (tertiary/aromatic N) is 1. The number of fused-ring (bicyclic) bond motifs is 1. The first kappa shape index (κ1) is 7.79. The Kier molecular flexibility index (Phi) is 1.73. The van der Waals surface area contributed by atoms with E-state index < -0.39 is 0 Å². The molecule has 1 aromatic carbocycles. The van der Waals surface area contributed by atoms with Gasteiger partial charge in [-0.05, 0) is 12.1 Å². The number of rotatable bonds is 1. The fraction of sp³-hybridized carbons (Fsp3) is 0.111. The van der Waals surface area contributed by atoms with Crippen molar-refractivity contribution < 1.29 is 9.57 Å². The molecule has 0 spiro atoms. The maximum atomic E-state index is 7.46. The minimum absolute atomic E-state index is 0.0306. The molecule has 13 heavy (non-hydrogen) atoms. The van der Waals surface area contributed by atoms with Crippen LogP contribution in [0.1, 0.15) is 5.56 Å². The maximum Gasteiger partial charge on any atom is 0.242 e. The number of hydrogen-bond acceptors (Lipinski definition) is 4. The zero-order valence-corrected chi connectivity index (χ0v) is 7.07. The van der Waals surface area contributed by atoms with Crippen molar-refractivity contribution in [2.45, 2.75) is 0 Å². The molecule has 0 bridgehead atoms. The summed E-state index contributed by atoms with van der Waals surface area (Å²) in [6.45, 7) is 0. The Bertz CT molecular complexity index is 385. The normalized spacial score (nSPS) is 17.0. The highest BCUT2D eigenvalue weighted by atomic mass is 16.6. The number of hydrogen-bond donors (Lipinski definition) is 1. The van der Waals surface area contributed by atoms with Gasteiger partial charge < -0.3 is 9.57 Å². The van der Waals surface area contributed by atoms with Crippen LogP contribution in [0.4, 0.5) is 0 Å². The van der Waals surface area contributed by atoms with Crippen molar-refractivity contribution in [3.05, 3.63) is 29.8 Å². The fourth-order valence-corrected chi connectivity index (χ4v) is 1.21. The molecule has 4 nitrogen and oxygen atoms in total. The molecule has 1 aliphatic heterocycles. The minimum atomic E-state index is 0.0306. The third kappa shape index (κ3) is 1.16. The molecular weight excluding hydrogens is 168 g/mol. The van der Waals surface area contributed by atoms with Crippen molar-refractivity contribution >= 4 is 11.6 Å². The van der Waals surface area contributed by atoms with E-state index in [1.165, 1.54) is 7.11 Å². The lowest BCUT2D eigenvalue weighted by Gasteiger charge is -1.92. The Morgan fingerprint density at radius 3 is 2.92 bits per heavy atom. The highest BCUT2D eigenvalue weighted by Gasteiger charge is 2.25. The largest absolute Gasteiger partial charge is 0.437 e. The first-order chi connectivity index (χ1) is 6.33. The lowest BCUT2D eigenvalue weighted by atomic mass is 10.1. The van der Waals surface area contributed by atoms with Crippen molar-refractivity contribution in [3.8, 4) is 5.75 Å². The van der Waals surface area contributed by atoms with Gasteiger partial charge in [0.05, 0.1) is 5.56 Å². The summed E-state index contributed by atoms with van der Waals surface area (Å²) in [4.78, 5) is 4.62. The molecule has 0 fully saturated rings. The predicted molar refractivity (Wildman–Crippen MR) is 48.3 cm³/mol. The van der Waals surface area contributed by atoms with Crippen molar-refractivity contribution in [2.24, 2.45) is 5.16 Å². The van der Waals surface area contributed by atoms with Gasteiger partial charge >= 0.3 is 0 Å². The van der Waals surface area contributed by atoms with E-state index in [1.807, 2.05) is 18.2 Å². The van der Waals surface area contributed by atoms with Gasteiger partial charge in [0.2, 0.25) is 5.90 Å². The van der Waals surface area contributed by atoms with Crippen LogP contribution < -0.4 is 4.74 Å². The Morgan fingerprint density at radius 1 is 1.38 bits per heavy atom. The number of ether oxygens (including phenoxy) is 1. The van der Waals surface area contributed by atoms with Gasteiger partial charge in [0.1, 0.15) is 12.9 Å².